The van der Waals surface area contributed by atoms with Crippen LogP contribution in [0.25, 0.3) is 0 Å². The normalized spacial score (nSPS) is 15.5. The van der Waals surface area contributed by atoms with Crippen molar-refractivity contribution in [2.45, 2.75) is 52.1 Å². The molecule has 1 amide bonds. The van der Waals surface area contributed by atoms with Gasteiger partial charge in [0.05, 0.1) is 12.2 Å². The standard InChI is InChI=1S/C18H28N4O3/c1-4-16(23)18(2,3)22(13-15-8-7-9-19-12-15)21(17(24)25)14-20-10-5-6-11-20/h7-9,12H,4-6,10-11,13-14H2,1-3H3,(H,24,25). The maximum atomic E-state index is 12.5. The van der Waals surface area contributed by atoms with Crippen molar-refractivity contribution in [3.8, 4) is 0 Å². The molecule has 0 saturated carbocycles. The minimum Gasteiger partial charge on any atom is -0.464 e. The number of aromatic nitrogens is 1. The second-order valence-corrected chi connectivity index (χ2v) is 6.90. The first-order valence-electron chi connectivity index (χ1n) is 8.78. The van der Waals surface area contributed by atoms with E-state index in [0.29, 0.717) is 13.0 Å². The van der Waals surface area contributed by atoms with Gasteiger partial charge in [-0.3, -0.25) is 14.7 Å². The molecule has 7 heteroatoms. The highest BCUT2D eigenvalue weighted by atomic mass is 16.4. The van der Waals surface area contributed by atoms with E-state index in [-0.39, 0.29) is 12.5 Å². The van der Waals surface area contributed by atoms with E-state index in [0.717, 1.165) is 31.5 Å². The molecule has 0 radical (unpaired) electrons. The summed E-state index contributed by atoms with van der Waals surface area (Å²) in [6.45, 7) is 7.73. The van der Waals surface area contributed by atoms with Crippen LogP contribution in [0.15, 0.2) is 24.5 Å². The maximum absolute atomic E-state index is 12.5. The van der Waals surface area contributed by atoms with Gasteiger partial charge >= 0.3 is 6.09 Å². The molecule has 1 aromatic heterocycles. The Morgan fingerprint density at radius 3 is 2.52 bits per heavy atom. The summed E-state index contributed by atoms with van der Waals surface area (Å²) >= 11 is 0. The molecule has 0 aromatic carbocycles. The van der Waals surface area contributed by atoms with Crippen LogP contribution in [0.4, 0.5) is 4.79 Å². The lowest BCUT2D eigenvalue weighted by molar-refractivity contribution is -0.148. The fourth-order valence-corrected chi connectivity index (χ4v) is 3.18. The van der Waals surface area contributed by atoms with Crippen LogP contribution in [0.3, 0.4) is 0 Å². The number of carboxylic acid groups (broad SMARTS) is 1. The van der Waals surface area contributed by atoms with Crippen LogP contribution in [-0.4, -0.2) is 62.2 Å². The molecular weight excluding hydrogens is 320 g/mol. The number of carbonyl (C=O) groups is 2. The summed E-state index contributed by atoms with van der Waals surface area (Å²) in [5.41, 5.74) is -0.0601. The lowest BCUT2D eigenvalue weighted by atomic mass is 9.95. The summed E-state index contributed by atoms with van der Waals surface area (Å²) in [5, 5.41) is 12.8. The van der Waals surface area contributed by atoms with Crippen molar-refractivity contribution in [3.05, 3.63) is 30.1 Å². The van der Waals surface area contributed by atoms with Crippen molar-refractivity contribution in [2.75, 3.05) is 19.8 Å². The Morgan fingerprint density at radius 1 is 1.32 bits per heavy atom. The lowest BCUT2D eigenvalue weighted by Gasteiger charge is -2.44. The number of hydrogen-bond acceptors (Lipinski definition) is 5. The number of ketones is 1. The molecule has 2 heterocycles. The van der Waals surface area contributed by atoms with Crippen LogP contribution >= 0.6 is 0 Å². The van der Waals surface area contributed by atoms with Gasteiger partial charge in [-0.2, -0.15) is 5.01 Å². The third-order valence-electron chi connectivity index (χ3n) is 4.75. The minimum atomic E-state index is -1.05. The van der Waals surface area contributed by atoms with Crippen molar-refractivity contribution in [1.82, 2.24) is 19.9 Å². The molecule has 1 fully saturated rings. The zero-order valence-electron chi connectivity index (χ0n) is 15.3. The summed E-state index contributed by atoms with van der Waals surface area (Å²) in [7, 11) is 0. The molecule has 1 saturated heterocycles. The van der Waals surface area contributed by atoms with Gasteiger partial charge in [-0.25, -0.2) is 9.80 Å². The van der Waals surface area contributed by atoms with Gasteiger partial charge in [-0.05, 0) is 51.4 Å². The minimum absolute atomic E-state index is 0.00376. The smallest absolute Gasteiger partial charge is 0.423 e. The Balaban J connectivity index is 2.32. The highest BCUT2D eigenvalue weighted by Gasteiger charge is 2.39. The van der Waals surface area contributed by atoms with Crippen molar-refractivity contribution in [3.63, 3.8) is 0 Å². The third-order valence-corrected chi connectivity index (χ3v) is 4.75. The van der Waals surface area contributed by atoms with Crippen LogP contribution < -0.4 is 0 Å². The third kappa shape index (κ3) is 4.76. The molecule has 1 aliphatic heterocycles. The number of pyridine rings is 1. The largest absolute Gasteiger partial charge is 0.464 e. The van der Waals surface area contributed by atoms with Gasteiger partial charge in [0.15, 0.2) is 5.78 Å². The summed E-state index contributed by atoms with van der Waals surface area (Å²) in [6.07, 6.45) is 4.84. The molecule has 0 aliphatic carbocycles. The molecule has 0 spiro atoms. The van der Waals surface area contributed by atoms with Crippen LogP contribution in [0, 0.1) is 0 Å². The molecule has 1 aromatic rings. The zero-order chi connectivity index (χ0) is 18.4. The highest BCUT2D eigenvalue weighted by Crippen LogP contribution is 2.24. The van der Waals surface area contributed by atoms with Crippen LogP contribution in [0.2, 0.25) is 0 Å². The molecule has 25 heavy (non-hydrogen) atoms. The molecule has 0 unspecified atom stereocenters. The second-order valence-electron chi connectivity index (χ2n) is 6.90. The SMILES string of the molecule is CCC(=O)C(C)(C)N(Cc1cccnc1)N(CN1CCCC1)C(=O)O. The molecule has 1 N–H and O–H groups in total. The maximum Gasteiger partial charge on any atom is 0.423 e. The highest BCUT2D eigenvalue weighted by molar-refractivity contribution is 5.87. The molecule has 1 aliphatic rings. The topological polar surface area (TPSA) is 77.0 Å². The summed E-state index contributed by atoms with van der Waals surface area (Å²) in [5.74, 6) is 0.00376. The van der Waals surface area contributed by atoms with E-state index in [1.54, 1.807) is 38.2 Å². The van der Waals surface area contributed by atoms with Crippen LogP contribution in [0.1, 0.15) is 45.6 Å². The van der Waals surface area contributed by atoms with Gasteiger partial charge in [0, 0.05) is 25.4 Å². The number of carbonyl (C=O) groups excluding carboxylic acids is 1. The van der Waals surface area contributed by atoms with Crippen molar-refractivity contribution in [1.29, 1.82) is 0 Å². The monoisotopic (exact) mass is 348 g/mol. The summed E-state index contributed by atoms with van der Waals surface area (Å²) < 4.78 is 0. The van der Waals surface area contributed by atoms with Gasteiger partial charge in [-0.15, -0.1) is 0 Å². The molecule has 0 bridgehead atoms. The molecule has 0 atom stereocenters. The van der Waals surface area contributed by atoms with E-state index in [1.165, 1.54) is 5.01 Å². The molecule has 7 nitrogen and oxygen atoms in total. The predicted octanol–water partition coefficient (Wildman–Crippen LogP) is 2.59. The van der Waals surface area contributed by atoms with E-state index in [9.17, 15) is 14.7 Å². The fraction of sp³-hybridized carbons (Fsp3) is 0.611. The predicted molar refractivity (Wildman–Crippen MR) is 94.7 cm³/mol. The van der Waals surface area contributed by atoms with E-state index in [2.05, 4.69) is 9.88 Å². The Hall–Kier alpha value is -1.99. The van der Waals surface area contributed by atoms with E-state index in [4.69, 9.17) is 0 Å². The number of rotatable bonds is 8. The van der Waals surface area contributed by atoms with Crippen molar-refractivity contribution < 1.29 is 14.7 Å². The van der Waals surface area contributed by atoms with E-state index in [1.807, 2.05) is 12.1 Å². The first-order chi connectivity index (χ1) is 11.9. The number of Topliss-reactive ketones (excluding diaryl/α,β-unsaturated/α-hetero) is 1. The second kappa shape index (κ2) is 8.40. The van der Waals surface area contributed by atoms with Gasteiger partial charge in [0.1, 0.15) is 0 Å². The first kappa shape index (κ1) is 19.3. The zero-order valence-corrected chi connectivity index (χ0v) is 15.3. The van der Waals surface area contributed by atoms with Crippen LogP contribution in [0.5, 0.6) is 0 Å². The van der Waals surface area contributed by atoms with Gasteiger partial charge < -0.3 is 5.11 Å². The van der Waals surface area contributed by atoms with Gasteiger partial charge in [-0.1, -0.05) is 13.0 Å². The lowest BCUT2D eigenvalue weighted by Crippen LogP contribution is -2.61. The Labute approximate surface area is 149 Å². The summed E-state index contributed by atoms with van der Waals surface area (Å²) in [6, 6.07) is 3.70. The molecule has 138 valence electrons. The van der Waals surface area contributed by atoms with Crippen LogP contribution in [-0.2, 0) is 11.3 Å². The number of hydrogen-bond donors (Lipinski definition) is 1. The Kier molecular flexibility index (Phi) is 6.50. The average molecular weight is 348 g/mol. The first-order valence-corrected chi connectivity index (χ1v) is 8.78. The number of amides is 1. The van der Waals surface area contributed by atoms with Crippen molar-refractivity contribution in [2.24, 2.45) is 0 Å². The Morgan fingerprint density at radius 2 is 2.00 bits per heavy atom. The number of nitrogens with zero attached hydrogens (tertiary/aromatic N) is 4. The average Bonchev–Trinajstić information content (AvgIpc) is 3.11. The molecule has 2 rings (SSSR count). The number of likely N-dealkylation sites (tertiary alicyclic amines) is 1. The fourth-order valence-electron chi connectivity index (χ4n) is 3.18. The number of hydrazine groups is 1. The van der Waals surface area contributed by atoms with E-state index < -0.39 is 11.6 Å². The van der Waals surface area contributed by atoms with Crippen molar-refractivity contribution >= 4 is 11.9 Å². The quantitative estimate of drug-likeness (QED) is 0.728. The van der Waals surface area contributed by atoms with Gasteiger partial charge in [0.25, 0.3) is 0 Å². The van der Waals surface area contributed by atoms with Gasteiger partial charge in [0.2, 0.25) is 0 Å². The molecular formula is C18H28N4O3. The Bertz CT molecular complexity index is 585. The van der Waals surface area contributed by atoms with E-state index >= 15 is 0 Å². The summed E-state index contributed by atoms with van der Waals surface area (Å²) in [4.78, 5) is 30.8.